The zero-order valence-electron chi connectivity index (χ0n) is 5.17. The highest BCUT2D eigenvalue weighted by Gasteiger charge is 2.06. The molecule has 0 fully saturated rings. The number of ether oxygens (including phenoxy) is 1. The van der Waals surface area contributed by atoms with E-state index in [4.69, 9.17) is 0 Å². The number of carbonyl (C=O) groups excluding carboxylic acids is 1. The van der Waals surface area contributed by atoms with E-state index in [0.717, 1.165) is 0 Å². The molecule has 1 aromatic rings. The first kappa shape index (κ1) is 6.94. The molecule has 0 atom stereocenters. The molecule has 0 aromatic carbocycles. The van der Waals surface area contributed by atoms with Crippen molar-refractivity contribution in [2.75, 3.05) is 7.11 Å². The van der Waals surface area contributed by atoms with Crippen molar-refractivity contribution >= 4 is 18.2 Å². The molecule has 6 heteroatoms. The predicted octanol–water partition coefficient (Wildman–Crippen LogP) is 0.254. The van der Waals surface area contributed by atoms with E-state index in [1.807, 2.05) is 0 Å². The summed E-state index contributed by atoms with van der Waals surface area (Å²) in [5.74, 6) is -0.445. The van der Waals surface area contributed by atoms with Crippen LogP contribution in [0.3, 0.4) is 0 Å². The van der Waals surface area contributed by atoms with E-state index in [1.54, 1.807) is 0 Å². The van der Waals surface area contributed by atoms with Gasteiger partial charge in [-0.3, -0.25) is 10.2 Å². The summed E-state index contributed by atoms with van der Waals surface area (Å²) in [6.07, 6.45) is 0. The van der Waals surface area contributed by atoms with Crippen LogP contribution in [0.5, 0.6) is 0 Å². The van der Waals surface area contributed by atoms with Crippen LogP contribution < -0.4 is 0 Å². The van der Waals surface area contributed by atoms with E-state index in [1.165, 1.54) is 7.11 Å². The van der Waals surface area contributed by atoms with Gasteiger partial charge in [0.2, 0.25) is 10.6 Å². The number of aromatic nitrogens is 3. The Morgan fingerprint density at radius 1 is 1.70 bits per heavy atom. The van der Waals surface area contributed by atoms with E-state index in [9.17, 15) is 4.79 Å². The van der Waals surface area contributed by atoms with Crippen LogP contribution in [-0.2, 0) is 4.74 Å². The Kier molecular flexibility index (Phi) is 1.81. The maximum absolute atomic E-state index is 10.6. The Hall–Kier alpha value is -1.17. The number of hydrogen-bond acceptors (Lipinski definition) is 4. The lowest BCUT2D eigenvalue weighted by Crippen LogP contribution is -2.03. The monoisotopic (exact) mass is 159 g/mol. The van der Waals surface area contributed by atoms with Gasteiger partial charge in [0.1, 0.15) is 0 Å². The Bertz CT molecular complexity index is 289. The maximum atomic E-state index is 10.6. The van der Waals surface area contributed by atoms with E-state index in [2.05, 4.69) is 32.1 Å². The Labute approximate surface area is 61.4 Å². The second-order valence-corrected chi connectivity index (χ2v) is 1.89. The van der Waals surface area contributed by atoms with Crippen LogP contribution in [-0.4, -0.2) is 28.3 Å². The van der Waals surface area contributed by atoms with Crippen molar-refractivity contribution < 1.29 is 9.53 Å². The first-order valence-electron chi connectivity index (χ1n) is 2.47. The van der Waals surface area contributed by atoms with Crippen LogP contribution in [0.25, 0.3) is 0 Å². The first-order valence-corrected chi connectivity index (χ1v) is 2.88. The second kappa shape index (κ2) is 2.61. The SMILES string of the molecule is COC(=O)c1nc(=S)[nH][nH]1. The number of aromatic amines is 2. The quantitative estimate of drug-likeness (QED) is 0.455. The number of hydrogen-bond donors (Lipinski definition) is 2. The summed E-state index contributed by atoms with van der Waals surface area (Å²) in [6.45, 7) is 0. The van der Waals surface area contributed by atoms with Crippen LogP contribution >= 0.6 is 12.2 Å². The third-order valence-corrected chi connectivity index (χ3v) is 1.07. The lowest BCUT2D eigenvalue weighted by atomic mass is 10.6. The van der Waals surface area contributed by atoms with Crippen molar-refractivity contribution in [3.8, 4) is 0 Å². The standard InChI is InChI=1S/C4H5N3O2S/c1-9-3(8)2-5-4(10)7-6-2/h1H3,(H2,5,6,7,10). The lowest BCUT2D eigenvalue weighted by molar-refractivity contribution is 0.0587. The lowest BCUT2D eigenvalue weighted by Gasteiger charge is -1.89. The maximum Gasteiger partial charge on any atom is 0.375 e. The van der Waals surface area contributed by atoms with Crippen molar-refractivity contribution in [1.29, 1.82) is 0 Å². The van der Waals surface area contributed by atoms with E-state index < -0.39 is 5.97 Å². The van der Waals surface area contributed by atoms with Gasteiger partial charge in [-0.05, 0) is 12.2 Å². The highest BCUT2D eigenvalue weighted by atomic mass is 32.1. The van der Waals surface area contributed by atoms with Crippen LogP contribution in [0.2, 0.25) is 0 Å². The molecule has 0 aliphatic heterocycles. The van der Waals surface area contributed by atoms with Crippen LogP contribution in [0, 0.1) is 4.77 Å². The molecule has 0 amide bonds. The van der Waals surface area contributed by atoms with Gasteiger partial charge in [-0.25, -0.2) is 4.79 Å². The highest BCUT2D eigenvalue weighted by Crippen LogP contribution is 1.89. The Morgan fingerprint density at radius 2 is 2.40 bits per heavy atom. The average Bonchev–Trinajstić information content (AvgIpc) is 2.34. The summed E-state index contributed by atoms with van der Waals surface area (Å²) in [5.41, 5.74) is 0. The summed E-state index contributed by atoms with van der Waals surface area (Å²) < 4.78 is 4.59. The number of nitrogens with one attached hydrogen (secondary N) is 2. The molecule has 54 valence electrons. The van der Waals surface area contributed by atoms with E-state index >= 15 is 0 Å². The highest BCUT2D eigenvalue weighted by molar-refractivity contribution is 7.71. The van der Waals surface area contributed by atoms with Crippen LogP contribution in [0.15, 0.2) is 0 Å². The molecule has 0 unspecified atom stereocenters. The van der Waals surface area contributed by atoms with Gasteiger partial charge in [-0.2, -0.15) is 4.98 Å². The molecule has 0 aliphatic carbocycles. The number of carbonyl (C=O) groups is 1. The molecule has 0 spiro atoms. The largest absolute Gasteiger partial charge is 0.463 e. The minimum atomic E-state index is -0.535. The fraction of sp³-hybridized carbons (Fsp3) is 0.250. The smallest absolute Gasteiger partial charge is 0.375 e. The summed E-state index contributed by atoms with van der Waals surface area (Å²) >= 11 is 4.59. The fourth-order valence-corrected chi connectivity index (χ4v) is 0.606. The fourth-order valence-electron chi connectivity index (χ4n) is 0.463. The molecule has 1 heterocycles. The summed E-state index contributed by atoms with van der Waals surface area (Å²) in [5, 5.41) is 4.90. The molecule has 10 heavy (non-hydrogen) atoms. The molecular formula is C4H5N3O2S. The van der Waals surface area contributed by atoms with Crippen LogP contribution in [0.4, 0.5) is 0 Å². The molecule has 1 aromatic heterocycles. The van der Waals surface area contributed by atoms with Crippen molar-refractivity contribution in [2.45, 2.75) is 0 Å². The number of nitrogens with zero attached hydrogens (tertiary/aromatic N) is 1. The summed E-state index contributed by atoms with van der Waals surface area (Å²) in [4.78, 5) is 14.3. The average molecular weight is 159 g/mol. The molecule has 5 nitrogen and oxygen atoms in total. The van der Waals surface area contributed by atoms with Gasteiger partial charge in [0.25, 0.3) is 0 Å². The Balaban J connectivity index is 2.95. The topological polar surface area (TPSA) is 70.8 Å². The molecule has 0 aliphatic rings. The molecule has 0 radical (unpaired) electrons. The zero-order valence-corrected chi connectivity index (χ0v) is 5.99. The first-order chi connectivity index (χ1) is 4.74. The van der Waals surface area contributed by atoms with Crippen molar-refractivity contribution in [3.63, 3.8) is 0 Å². The normalized spacial score (nSPS) is 9.30. The number of esters is 1. The number of rotatable bonds is 1. The van der Waals surface area contributed by atoms with Gasteiger partial charge >= 0.3 is 5.97 Å². The molecule has 0 saturated heterocycles. The van der Waals surface area contributed by atoms with E-state index in [-0.39, 0.29) is 10.6 Å². The Morgan fingerprint density at radius 3 is 2.80 bits per heavy atom. The van der Waals surface area contributed by atoms with Crippen molar-refractivity contribution in [1.82, 2.24) is 15.2 Å². The molecule has 2 N–H and O–H groups in total. The minimum Gasteiger partial charge on any atom is -0.463 e. The van der Waals surface area contributed by atoms with Crippen LogP contribution in [0.1, 0.15) is 10.6 Å². The minimum absolute atomic E-state index is 0.0903. The van der Waals surface area contributed by atoms with Gasteiger partial charge in [0.15, 0.2) is 0 Å². The van der Waals surface area contributed by atoms with Gasteiger partial charge < -0.3 is 4.74 Å². The van der Waals surface area contributed by atoms with Crippen molar-refractivity contribution in [3.05, 3.63) is 10.6 Å². The van der Waals surface area contributed by atoms with Gasteiger partial charge in [0.05, 0.1) is 7.11 Å². The molecule has 0 bridgehead atoms. The zero-order chi connectivity index (χ0) is 7.56. The third-order valence-electron chi connectivity index (χ3n) is 0.880. The molecular weight excluding hydrogens is 154 g/mol. The van der Waals surface area contributed by atoms with Gasteiger partial charge in [-0.1, -0.05) is 0 Å². The molecule has 1 rings (SSSR count). The summed E-state index contributed by atoms with van der Waals surface area (Å²) in [6, 6.07) is 0. The molecule has 0 saturated carbocycles. The van der Waals surface area contributed by atoms with Gasteiger partial charge in [0, 0.05) is 0 Å². The second-order valence-electron chi connectivity index (χ2n) is 1.51. The predicted molar refractivity (Wildman–Crippen MR) is 35.1 cm³/mol. The summed E-state index contributed by atoms with van der Waals surface area (Å²) in [7, 11) is 1.27. The number of methoxy groups -OCH3 is 1. The van der Waals surface area contributed by atoms with E-state index in [0.29, 0.717) is 0 Å². The number of H-pyrrole nitrogens is 2. The third kappa shape index (κ3) is 1.21. The van der Waals surface area contributed by atoms with Crippen molar-refractivity contribution in [2.24, 2.45) is 0 Å². The van der Waals surface area contributed by atoms with Gasteiger partial charge in [-0.15, -0.1) is 0 Å².